The molecule has 0 aliphatic rings. The Labute approximate surface area is 119 Å². The largest absolute Gasteiger partial charge is 0.461 e. The van der Waals surface area contributed by atoms with Crippen LogP contribution in [0.1, 0.15) is 27.9 Å². The molecule has 2 heterocycles. The van der Waals surface area contributed by atoms with Gasteiger partial charge in [-0.15, -0.1) is 11.3 Å². The smallest absolute Gasteiger partial charge is 0.355 e. The summed E-state index contributed by atoms with van der Waals surface area (Å²) in [6, 6.07) is 4.00. The van der Waals surface area contributed by atoms with Crippen molar-refractivity contribution in [3.05, 3.63) is 44.3 Å². The molecule has 2 aromatic rings. The number of thiophene rings is 1. The second-order valence-corrected chi connectivity index (χ2v) is 5.84. The molecule has 0 N–H and O–H groups in total. The van der Waals surface area contributed by atoms with E-state index < -0.39 is 0 Å². The molecule has 0 aliphatic carbocycles. The molecule has 0 saturated heterocycles. The number of aryl methyl sites for hydroxylation is 1. The van der Waals surface area contributed by atoms with Crippen molar-refractivity contribution in [3.63, 3.8) is 0 Å². The number of hydrogen-bond acceptors (Lipinski definition) is 3. The highest BCUT2D eigenvalue weighted by Crippen LogP contribution is 2.22. The highest BCUT2D eigenvalue weighted by Gasteiger charge is 2.16. The van der Waals surface area contributed by atoms with Crippen molar-refractivity contribution in [1.82, 2.24) is 4.57 Å². The van der Waals surface area contributed by atoms with Gasteiger partial charge in [-0.25, -0.2) is 4.79 Å². The minimum atomic E-state index is -0.254. The maximum atomic E-state index is 11.9. The van der Waals surface area contributed by atoms with Crippen LogP contribution in [0.15, 0.2) is 28.2 Å². The van der Waals surface area contributed by atoms with Gasteiger partial charge < -0.3 is 9.30 Å². The topological polar surface area (TPSA) is 31.2 Å². The molecule has 3 nitrogen and oxygen atoms in total. The van der Waals surface area contributed by atoms with Crippen LogP contribution in [0.4, 0.5) is 0 Å². The van der Waals surface area contributed by atoms with Gasteiger partial charge in [0.2, 0.25) is 0 Å². The third kappa shape index (κ3) is 2.84. The standard InChI is InChI=1S/C13H14BrNO2S/c1-3-17-13(16)12-9(2)4-5-15(12)7-11-6-10(14)8-18-11/h4-6,8H,3,7H2,1-2H3. The lowest BCUT2D eigenvalue weighted by Crippen LogP contribution is -2.13. The van der Waals surface area contributed by atoms with Crippen LogP contribution < -0.4 is 0 Å². The normalized spacial score (nSPS) is 10.6. The van der Waals surface area contributed by atoms with E-state index in [2.05, 4.69) is 22.0 Å². The van der Waals surface area contributed by atoms with Gasteiger partial charge in [-0.2, -0.15) is 0 Å². The Balaban J connectivity index is 2.26. The van der Waals surface area contributed by atoms with Gasteiger partial charge in [-0.1, -0.05) is 0 Å². The Hall–Kier alpha value is -1.07. The van der Waals surface area contributed by atoms with Gasteiger partial charge in [0, 0.05) is 20.9 Å². The van der Waals surface area contributed by atoms with Crippen LogP contribution in [0.25, 0.3) is 0 Å². The molecule has 0 aliphatic heterocycles. The molecule has 2 aromatic heterocycles. The second-order valence-electron chi connectivity index (χ2n) is 3.93. The van der Waals surface area contributed by atoms with Gasteiger partial charge in [0.1, 0.15) is 5.69 Å². The lowest BCUT2D eigenvalue weighted by molar-refractivity contribution is 0.0513. The van der Waals surface area contributed by atoms with Gasteiger partial charge >= 0.3 is 5.97 Å². The van der Waals surface area contributed by atoms with Crippen LogP contribution in [0, 0.1) is 6.92 Å². The van der Waals surface area contributed by atoms with E-state index in [0.717, 1.165) is 10.0 Å². The molecule has 0 fully saturated rings. The lowest BCUT2D eigenvalue weighted by Gasteiger charge is -2.08. The van der Waals surface area contributed by atoms with Gasteiger partial charge in [-0.3, -0.25) is 0 Å². The Morgan fingerprint density at radius 1 is 1.56 bits per heavy atom. The second kappa shape index (κ2) is 5.71. The number of ether oxygens (including phenoxy) is 1. The predicted molar refractivity (Wildman–Crippen MR) is 76.2 cm³/mol. The van der Waals surface area contributed by atoms with E-state index in [0.29, 0.717) is 18.8 Å². The number of aromatic nitrogens is 1. The minimum Gasteiger partial charge on any atom is -0.461 e. The molecule has 2 rings (SSSR count). The molecule has 0 unspecified atom stereocenters. The zero-order valence-corrected chi connectivity index (χ0v) is 12.7. The first-order valence-electron chi connectivity index (χ1n) is 5.67. The first-order chi connectivity index (χ1) is 8.61. The average molecular weight is 328 g/mol. The molecular weight excluding hydrogens is 314 g/mol. The zero-order valence-electron chi connectivity index (χ0n) is 10.3. The molecule has 0 spiro atoms. The van der Waals surface area contributed by atoms with Gasteiger partial charge in [-0.05, 0) is 47.5 Å². The number of carbonyl (C=O) groups is 1. The summed E-state index contributed by atoms with van der Waals surface area (Å²) >= 11 is 5.10. The molecule has 0 saturated carbocycles. The number of rotatable bonds is 4. The molecule has 0 aromatic carbocycles. The molecule has 0 atom stereocenters. The number of carbonyl (C=O) groups excluding carboxylic acids is 1. The predicted octanol–water partition coefficient (Wildman–Crippen LogP) is 3.85. The summed E-state index contributed by atoms with van der Waals surface area (Å²) in [6.45, 7) is 4.83. The van der Waals surface area contributed by atoms with Crippen LogP contribution in [0.3, 0.4) is 0 Å². The highest BCUT2D eigenvalue weighted by molar-refractivity contribution is 9.10. The fraction of sp³-hybridized carbons (Fsp3) is 0.308. The van der Waals surface area contributed by atoms with Crippen molar-refractivity contribution in [2.45, 2.75) is 20.4 Å². The third-order valence-electron chi connectivity index (χ3n) is 2.58. The van der Waals surface area contributed by atoms with E-state index in [-0.39, 0.29) is 5.97 Å². The fourth-order valence-corrected chi connectivity index (χ4v) is 3.24. The SMILES string of the molecule is CCOC(=O)c1c(C)ccn1Cc1cc(Br)cs1. The quantitative estimate of drug-likeness (QED) is 0.799. The van der Waals surface area contributed by atoms with Crippen molar-refractivity contribution in [2.75, 3.05) is 6.61 Å². The number of esters is 1. The number of hydrogen-bond donors (Lipinski definition) is 0. The lowest BCUT2D eigenvalue weighted by atomic mass is 10.3. The molecule has 96 valence electrons. The van der Waals surface area contributed by atoms with Crippen LogP contribution in [-0.2, 0) is 11.3 Å². The van der Waals surface area contributed by atoms with E-state index in [1.165, 1.54) is 4.88 Å². The van der Waals surface area contributed by atoms with Crippen LogP contribution in [0.2, 0.25) is 0 Å². The van der Waals surface area contributed by atoms with Crippen LogP contribution >= 0.6 is 27.3 Å². The van der Waals surface area contributed by atoms with E-state index >= 15 is 0 Å². The van der Waals surface area contributed by atoms with Crippen molar-refractivity contribution < 1.29 is 9.53 Å². The van der Waals surface area contributed by atoms with E-state index in [9.17, 15) is 4.79 Å². The summed E-state index contributed by atoms with van der Waals surface area (Å²) in [4.78, 5) is 13.1. The Bertz CT molecular complexity index is 559. The monoisotopic (exact) mass is 327 g/mol. The highest BCUT2D eigenvalue weighted by atomic mass is 79.9. The molecular formula is C13H14BrNO2S. The first kappa shape index (κ1) is 13.4. The summed E-state index contributed by atoms with van der Waals surface area (Å²) in [5.74, 6) is -0.254. The summed E-state index contributed by atoms with van der Waals surface area (Å²) in [6.07, 6.45) is 1.93. The van der Waals surface area contributed by atoms with E-state index in [4.69, 9.17) is 4.74 Å². The van der Waals surface area contributed by atoms with Gasteiger partial charge in [0.15, 0.2) is 0 Å². The Morgan fingerprint density at radius 3 is 2.94 bits per heavy atom. The summed E-state index contributed by atoms with van der Waals surface area (Å²) in [5.41, 5.74) is 1.59. The Morgan fingerprint density at radius 2 is 2.33 bits per heavy atom. The number of halogens is 1. The minimum absolute atomic E-state index is 0.254. The van der Waals surface area contributed by atoms with Gasteiger partial charge in [0.25, 0.3) is 0 Å². The summed E-state index contributed by atoms with van der Waals surface area (Å²) < 4.78 is 8.09. The van der Waals surface area contributed by atoms with Crippen molar-refractivity contribution in [3.8, 4) is 0 Å². The van der Waals surface area contributed by atoms with Crippen LogP contribution in [-0.4, -0.2) is 17.1 Å². The maximum Gasteiger partial charge on any atom is 0.355 e. The van der Waals surface area contributed by atoms with Crippen LogP contribution in [0.5, 0.6) is 0 Å². The molecule has 0 bridgehead atoms. The van der Waals surface area contributed by atoms with E-state index in [1.807, 2.05) is 36.1 Å². The first-order valence-corrected chi connectivity index (χ1v) is 7.35. The fourth-order valence-electron chi connectivity index (χ4n) is 1.80. The van der Waals surface area contributed by atoms with Crippen molar-refractivity contribution in [1.29, 1.82) is 0 Å². The average Bonchev–Trinajstić information content (AvgIpc) is 2.87. The maximum absolute atomic E-state index is 11.9. The summed E-state index contributed by atoms with van der Waals surface area (Å²) in [5, 5.41) is 2.04. The molecule has 0 amide bonds. The van der Waals surface area contributed by atoms with Crippen molar-refractivity contribution in [2.24, 2.45) is 0 Å². The molecule has 0 radical (unpaired) electrons. The van der Waals surface area contributed by atoms with Gasteiger partial charge in [0.05, 0.1) is 13.2 Å². The molecule has 5 heteroatoms. The molecule has 18 heavy (non-hydrogen) atoms. The van der Waals surface area contributed by atoms with Crippen molar-refractivity contribution >= 4 is 33.2 Å². The third-order valence-corrected chi connectivity index (χ3v) is 4.26. The zero-order chi connectivity index (χ0) is 13.1. The summed E-state index contributed by atoms with van der Waals surface area (Å²) in [7, 11) is 0. The van der Waals surface area contributed by atoms with E-state index in [1.54, 1.807) is 11.3 Å². The number of nitrogens with zero attached hydrogens (tertiary/aromatic N) is 1. The Kier molecular flexibility index (Phi) is 4.24.